The molecule has 0 spiro atoms. The van der Waals surface area contributed by atoms with Gasteiger partial charge in [0.25, 0.3) is 5.91 Å². The number of pyridine rings is 1. The number of aromatic nitrogens is 3. The molecule has 2 atom stereocenters. The number of benzene rings is 1. The van der Waals surface area contributed by atoms with Gasteiger partial charge in [-0.15, -0.1) is 0 Å². The summed E-state index contributed by atoms with van der Waals surface area (Å²) in [5, 5.41) is 14.3. The van der Waals surface area contributed by atoms with Crippen molar-refractivity contribution in [3.8, 4) is 17.2 Å². The van der Waals surface area contributed by atoms with Crippen molar-refractivity contribution in [1.82, 2.24) is 14.8 Å². The maximum atomic E-state index is 15.6. The summed E-state index contributed by atoms with van der Waals surface area (Å²) in [4.78, 5) is 48.4. The fraction of sp³-hybridized carbons (Fsp3) is 0.424. The molecule has 49 heavy (non-hydrogen) atoms. The highest BCUT2D eigenvalue weighted by Gasteiger charge is 2.37. The number of aryl methyl sites for hydroxylation is 1. The van der Waals surface area contributed by atoms with Gasteiger partial charge in [0.05, 0.1) is 17.1 Å². The third-order valence-corrected chi connectivity index (χ3v) is 8.89. The van der Waals surface area contributed by atoms with Gasteiger partial charge in [0, 0.05) is 49.5 Å². The number of rotatable bonds is 8. The fourth-order valence-electron chi connectivity index (χ4n) is 6.27. The number of anilines is 2. The van der Waals surface area contributed by atoms with Gasteiger partial charge in [0.15, 0.2) is 0 Å². The molecule has 0 radical (unpaired) electrons. The molecule has 12 nitrogen and oxygen atoms in total. The molecule has 4 N–H and O–H groups in total. The molecule has 3 amide bonds. The number of nitrogens with two attached hydrogens (primary N) is 2. The summed E-state index contributed by atoms with van der Waals surface area (Å²) in [7, 11) is 1.49. The Morgan fingerprint density at radius 3 is 2.43 bits per heavy atom. The molecule has 1 aliphatic heterocycles. The Hall–Kier alpha value is -5.33. The van der Waals surface area contributed by atoms with E-state index in [1.807, 2.05) is 17.9 Å². The highest BCUT2D eigenvalue weighted by atomic mass is 19.4. The molecule has 1 aromatic carbocycles. The van der Waals surface area contributed by atoms with Gasteiger partial charge in [-0.1, -0.05) is 0 Å². The van der Waals surface area contributed by atoms with Crippen LogP contribution in [0.5, 0.6) is 0 Å². The Labute approximate surface area is 279 Å². The molecular formula is C33H35F4N9O3. The summed E-state index contributed by atoms with van der Waals surface area (Å²) in [6.07, 6.45) is -2.77. The molecule has 16 heteroatoms. The summed E-state index contributed by atoms with van der Waals surface area (Å²) in [6.45, 7) is 4.68. The zero-order chi connectivity index (χ0) is 35.9. The molecule has 2 aliphatic rings. The van der Waals surface area contributed by atoms with Crippen molar-refractivity contribution in [3.05, 3.63) is 58.3 Å². The van der Waals surface area contributed by atoms with Gasteiger partial charge in [-0.3, -0.25) is 19.3 Å². The van der Waals surface area contributed by atoms with Crippen LogP contribution in [0.1, 0.15) is 73.7 Å². The first-order valence-electron chi connectivity index (χ1n) is 15.6. The van der Waals surface area contributed by atoms with E-state index in [1.54, 1.807) is 13.0 Å². The van der Waals surface area contributed by atoms with Crippen LogP contribution in [0.25, 0.3) is 11.1 Å². The van der Waals surface area contributed by atoms with Crippen molar-refractivity contribution in [3.63, 3.8) is 0 Å². The van der Waals surface area contributed by atoms with Crippen LogP contribution in [0, 0.1) is 30.0 Å². The molecule has 1 saturated carbocycles. The zero-order valence-electron chi connectivity index (χ0n) is 27.3. The Kier molecular flexibility index (Phi) is 9.49. The second kappa shape index (κ2) is 13.3. The molecule has 5 rings (SSSR count). The average molecular weight is 682 g/mol. The zero-order valence-corrected chi connectivity index (χ0v) is 27.3. The minimum Gasteiger partial charge on any atom is -0.383 e. The Bertz CT molecular complexity index is 1910. The molecule has 2 aromatic heterocycles. The van der Waals surface area contributed by atoms with Crippen LogP contribution < -0.4 is 21.3 Å². The number of hydrogen-bond acceptors (Lipinski definition) is 7. The minimum absolute atomic E-state index is 0.172. The maximum absolute atomic E-state index is 15.6. The molecule has 3 aromatic rings. The number of alkyl halides is 3. The van der Waals surface area contributed by atoms with Crippen LogP contribution in [0.2, 0.25) is 0 Å². The van der Waals surface area contributed by atoms with E-state index in [0.29, 0.717) is 29.7 Å². The number of carbonyl (C=O) groups is 3. The second-order valence-electron chi connectivity index (χ2n) is 12.5. The SMILES string of the molecule is CC(=O)N(C)c1c(-c2cc(F)c(C#N)c(N3CCC(C(=O)N=C(N)c4ccc(C(F)(F)F)nc4C4CC4)CC3C)c2)c(C)nn1CC(N)=O. The summed E-state index contributed by atoms with van der Waals surface area (Å²) >= 11 is 0. The average Bonchev–Trinajstić information content (AvgIpc) is 3.82. The highest BCUT2D eigenvalue weighted by Crippen LogP contribution is 2.43. The van der Waals surface area contributed by atoms with Gasteiger partial charge in [-0.25, -0.2) is 14.1 Å². The van der Waals surface area contributed by atoms with Gasteiger partial charge >= 0.3 is 6.18 Å². The van der Waals surface area contributed by atoms with Crippen LogP contribution in [-0.4, -0.2) is 58.0 Å². The van der Waals surface area contributed by atoms with Crippen LogP contribution in [0.4, 0.5) is 29.1 Å². The molecule has 0 bridgehead atoms. The smallest absolute Gasteiger partial charge is 0.383 e. The molecule has 1 aliphatic carbocycles. The molecule has 258 valence electrons. The predicted octanol–water partition coefficient (Wildman–Crippen LogP) is 4.17. The quantitative estimate of drug-likeness (QED) is 0.202. The number of amidine groups is 1. The van der Waals surface area contributed by atoms with Crippen molar-refractivity contribution < 1.29 is 31.9 Å². The first-order chi connectivity index (χ1) is 23.0. The Morgan fingerprint density at radius 1 is 1.16 bits per heavy atom. The van der Waals surface area contributed by atoms with Crippen molar-refractivity contribution >= 4 is 35.1 Å². The first-order valence-corrected chi connectivity index (χ1v) is 15.6. The lowest BCUT2D eigenvalue weighted by atomic mass is 9.89. The topological polar surface area (TPSA) is 177 Å². The van der Waals surface area contributed by atoms with Crippen molar-refractivity contribution in [2.24, 2.45) is 22.4 Å². The number of nitriles is 1. The lowest BCUT2D eigenvalue weighted by Gasteiger charge is -2.39. The van der Waals surface area contributed by atoms with E-state index in [4.69, 9.17) is 11.5 Å². The maximum Gasteiger partial charge on any atom is 0.433 e. The highest BCUT2D eigenvalue weighted by molar-refractivity contribution is 6.05. The molecular weight excluding hydrogens is 646 g/mol. The Morgan fingerprint density at radius 2 is 1.86 bits per heavy atom. The van der Waals surface area contributed by atoms with E-state index >= 15 is 4.39 Å². The summed E-state index contributed by atoms with van der Waals surface area (Å²) in [6, 6.07) is 6.35. The van der Waals surface area contributed by atoms with Gasteiger partial charge in [-0.05, 0) is 69.4 Å². The van der Waals surface area contributed by atoms with Gasteiger partial charge in [0.2, 0.25) is 11.8 Å². The predicted molar refractivity (Wildman–Crippen MR) is 172 cm³/mol. The third kappa shape index (κ3) is 7.10. The van der Waals surface area contributed by atoms with Crippen LogP contribution in [0.3, 0.4) is 0 Å². The molecule has 3 heterocycles. The number of carbonyl (C=O) groups excluding carboxylic acids is 3. The number of piperidine rings is 1. The van der Waals surface area contributed by atoms with Crippen molar-refractivity contribution in [1.29, 1.82) is 5.26 Å². The lowest BCUT2D eigenvalue weighted by Crippen LogP contribution is -2.43. The number of hydrogen-bond donors (Lipinski definition) is 2. The second-order valence-corrected chi connectivity index (χ2v) is 12.5. The van der Waals surface area contributed by atoms with E-state index in [2.05, 4.69) is 15.1 Å². The largest absolute Gasteiger partial charge is 0.433 e. The first kappa shape index (κ1) is 35.0. The van der Waals surface area contributed by atoms with Gasteiger partial charge in [-0.2, -0.15) is 28.5 Å². The van der Waals surface area contributed by atoms with Crippen LogP contribution >= 0.6 is 0 Å². The number of primary amides is 1. The number of aliphatic imine (C=N–C) groups is 1. The minimum atomic E-state index is -4.62. The van der Waals surface area contributed by atoms with Crippen molar-refractivity contribution in [2.45, 2.75) is 71.1 Å². The summed E-state index contributed by atoms with van der Waals surface area (Å²) < 4.78 is 56.8. The number of nitrogens with zero attached hydrogens (tertiary/aromatic N) is 7. The van der Waals surface area contributed by atoms with Crippen LogP contribution in [-0.2, 0) is 27.1 Å². The molecule has 2 fully saturated rings. The number of amides is 3. The third-order valence-electron chi connectivity index (χ3n) is 8.89. The number of halogens is 4. The monoisotopic (exact) mass is 681 g/mol. The lowest BCUT2D eigenvalue weighted by molar-refractivity contribution is -0.141. The Balaban J connectivity index is 1.43. The van der Waals surface area contributed by atoms with E-state index in [-0.39, 0.29) is 78.0 Å². The van der Waals surface area contributed by atoms with Gasteiger partial charge in [0.1, 0.15) is 41.3 Å². The van der Waals surface area contributed by atoms with E-state index in [0.717, 1.165) is 6.07 Å². The molecule has 1 saturated heterocycles. The summed E-state index contributed by atoms with van der Waals surface area (Å²) in [5.74, 6) is -3.19. The normalized spacial score (nSPS) is 18.3. The fourth-order valence-corrected chi connectivity index (χ4v) is 6.27. The van der Waals surface area contributed by atoms with E-state index < -0.39 is 35.4 Å². The van der Waals surface area contributed by atoms with Gasteiger partial charge < -0.3 is 16.4 Å². The standard InChI is InChI=1S/C33H35F4N9O3/c1-16-11-20(31(49)42-30(40)22-7-8-26(33(35,36)37)41-29(22)19-5-6-19)9-10-45(16)25-13-21(12-24(34)23(25)14-38)28-17(2)43-46(15-27(39)48)32(28)44(4)18(3)47/h7-8,12-13,16,19-20H,5-6,9-11,15H2,1-4H3,(H2,39,48)(H2,40,42,49). The van der Waals surface area contributed by atoms with E-state index in [9.17, 15) is 32.8 Å². The van der Waals surface area contributed by atoms with E-state index in [1.165, 1.54) is 35.7 Å². The molecule has 2 unspecified atom stereocenters. The van der Waals surface area contributed by atoms with Crippen LogP contribution in [0.15, 0.2) is 29.3 Å². The van der Waals surface area contributed by atoms with Crippen molar-refractivity contribution in [2.75, 3.05) is 23.4 Å². The summed E-state index contributed by atoms with van der Waals surface area (Å²) in [5.41, 5.74) is 12.0.